The summed E-state index contributed by atoms with van der Waals surface area (Å²) in [6.07, 6.45) is 5.25. The van der Waals surface area contributed by atoms with Gasteiger partial charge in [-0.3, -0.25) is 9.69 Å². The van der Waals surface area contributed by atoms with Crippen LogP contribution in [0.1, 0.15) is 22.8 Å². The zero-order valence-electron chi connectivity index (χ0n) is 19.6. The number of aromatic nitrogens is 3. The van der Waals surface area contributed by atoms with E-state index in [4.69, 9.17) is 4.74 Å². The summed E-state index contributed by atoms with van der Waals surface area (Å²) < 4.78 is 7.41. The summed E-state index contributed by atoms with van der Waals surface area (Å²) in [6, 6.07) is 5.24. The van der Waals surface area contributed by atoms with Crippen molar-refractivity contribution >= 4 is 22.9 Å². The Balaban J connectivity index is 1.45. The van der Waals surface area contributed by atoms with E-state index >= 15 is 0 Å². The van der Waals surface area contributed by atoms with Crippen molar-refractivity contribution < 1.29 is 24.9 Å². The first-order chi connectivity index (χ1) is 16.9. The number of nitrogens with one attached hydrogen (secondary N) is 1. The zero-order chi connectivity index (χ0) is 24.6. The molecule has 1 fully saturated rings. The Labute approximate surface area is 202 Å². The summed E-state index contributed by atoms with van der Waals surface area (Å²) >= 11 is 0. The molecule has 1 aromatic carbocycles. The van der Waals surface area contributed by atoms with Crippen LogP contribution >= 0.6 is 0 Å². The Morgan fingerprint density at radius 2 is 2.00 bits per heavy atom. The van der Waals surface area contributed by atoms with Crippen molar-refractivity contribution in [2.75, 3.05) is 56.2 Å². The van der Waals surface area contributed by atoms with Gasteiger partial charge in [0.05, 0.1) is 42.4 Å². The fourth-order valence-corrected chi connectivity index (χ4v) is 4.74. The van der Waals surface area contributed by atoms with E-state index in [-0.39, 0.29) is 31.8 Å². The van der Waals surface area contributed by atoms with Gasteiger partial charge in [-0.25, -0.2) is 9.50 Å². The molecule has 0 bridgehead atoms. The lowest BCUT2D eigenvalue weighted by molar-refractivity contribution is -0.000571. The fraction of sp³-hybridized carbons (Fsp3) is 0.458. The van der Waals surface area contributed by atoms with Gasteiger partial charge in [-0.1, -0.05) is 0 Å². The van der Waals surface area contributed by atoms with E-state index in [1.54, 1.807) is 29.9 Å². The summed E-state index contributed by atoms with van der Waals surface area (Å²) in [4.78, 5) is 21.8. The van der Waals surface area contributed by atoms with Gasteiger partial charge in [-0.05, 0) is 24.6 Å². The summed E-state index contributed by atoms with van der Waals surface area (Å²) in [5.41, 5.74) is 2.07. The number of fused-ring (bicyclic) bond motifs is 2. The maximum Gasteiger partial charge on any atom is 0.261 e. The normalized spacial score (nSPS) is 20.7. The summed E-state index contributed by atoms with van der Waals surface area (Å²) in [5.74, 6) is 0.357. The first-order valence-electron chi connectivity index (χ1n) is 11.7. The highest BCUT2D eigenvalue weighted by molar-refractivity contribution is 6.09. The Morgan fingerprint density at radius 1 is 1.23 bits per heavy atom. The maximum atomic E-state index is 13.3. The molecule has 11 heteroatoms. The molecule has 4 N–H and O–H groups in total. The van der Waals surface area contributed by atoms with Crippen LogP contribution in [0.4, 0.5) is 11.4 Å². The Bertz CT molecular complexity index is 1220. The molecule has 1 atom stereocenters. The van der Waals surface area contributed by atoms with E-state index in [1.807, 2.05) is 12.1 Å². The van der Waals surface area contributed by atoms with Crippen molar-refractivity contribution in [1.29, 1.82) is 0 Å². The molecule has 2 aliphatic rings. The minimum atomic E-state index is -0.989. The molecule has 1 unspecified atom stereocenters. The largest absolute Gasteiger partial charge is 0.490 e. The molecule has 1 saturated heterocycles. The molecule has 0 saturated carbocycles. The van der Waals surface area contributed by atoms with Gasteiger partial charge in [-0.2, -0.15) is 5.10 Å². The van der Waals surface area contributed by atoms with Gasteiger partial charge in [0.2, 0.25) is 0 Å². The van der Waals surface area contributed by atoms with E-state index in [0.29, 0.717) is 55.2 Å². The number of aliphatic hydroxyl groups excluding tert-OH is 2. The lowest BCUT2D eigenvalue weighted by atomic mass is 9.93. The van der Waals surface area contributed by atoms with Crippen LogP contribution in [0.5, 0.6) is 5.75 Å². The predicted octanol–water partition coefficient (Wildman–Crippen LogP) is 0.143. The van der Waals surface area contributed by atoms with Gasteiger partial charge in [0.1, 0.15) is 17.9 Å². The minimum Gasteiger partial charge on any atom is -0.490 e. The van der Waals surface area contributed by atoms with E-state index in [2.05, 4.69) is 25.2 Å². The van der Waals surface area contributed by atoms with Crippen molar-refractivity contribution in [3.05, 3.63) is 47.9 Å². The molecule has 3 aromatic rings. The Hall–Kier alpha value is -3.25. The van der Waals surface area contributed by atoms with Crippen LogP contribution in [0.15, 0.2) is 36.8 Å². The smallest absolute Gasteiger partial charge is 0.261 e. The van der Waals surface area contributed by atoms with E-state index in [1.165, 1.54) is 6.20 Å². The Kier molecular flexibility index (Phi) is 6.32. The van der Waals surface area contributed by atoms with Crippen LogP contribution in [-0.4, -0.2) is 98.4 Å². The molecule has 11 nitrogen and oxygen atoms in total. The van der Waals surface area contributed by atoms with Gasteiger partial charge >= 0.3 is 0 Å². The average molecular weight is 483 g/mol. The summed E-state index contributed by atoms with van der Waals surface area (Å²) in [6.45, 7) is 4.33. The highest BCUT2D eigenvalue weighted by Crippen LogP contribution is 2.39. The number of carbonyl (C=O) groups excluding carboxylic acids is 1. The van der Waals surface area contributed by atoms with Crippen molar-refractivity contribution in [2.24, 2.45) is 0 Å². The molecular formula is C24H30N6O5. The standard InChI is InChI=1S/C24H30N6O5/c1-24(34)11-16-9-19(27-23(33)18-12-26-30-4-2-3-25-22(18)30)20(10-21(16)35-15-24)29-7-5-28(6-8-29)17(13-31)14-32/h2-4,9-10,12,17,31-32,34H,5-8,11,13-15H2,1H3,(H,27,33). The van der Waals surface area contributed by atoms with Crippen LogP contribution in [0.25, 0.3) is 5.65 Å². The topological polar surface area (TPSA) is 136 Å². The number of carbonyl (C=O) groups is 1. The second-order valence-electron chi connectivity index (χ2n) is 9.38. The van der Waals surface area contributed by atoms with Crippen LogP contribution in [0.3, 0.4) is 0 Å². The van der Waals surface area contributed by atoms with E-state index in [9.17, 15) is 20.1 Å². The molecule has 35 heavy (non-hydrogen) atoms. The average Bonchev–Trinajstić information content (AvgIpc) is 3.29. The quantitative estimate of drug-likeness (QED) is 0.387. The van der Waals surface area contributed by atoms with Crippen molar-refractivity contribution in [3.8, 4) is 5.75 Å². The molecule has 2 aliphatic heterocycles. The predicted molar refractivity (Wildman–Crippen MR) is 129 cm³/mol. The van der Waals surface area contributed by atoms with Crippen LogP contribution < -0.4 is 15.0 Å². The van der Waals surface area contributed by atoms with Gasteiger partial charge in [0.25, 0.3) is 5.91 Å². The van der Waals surface area contributed by atoms with Crippen molar-refractivity contribution in [3.63, 3.8) is 0 Å². The van der Waals surface area contributed by atoms with Crippen LogP contribution in [0.2, 0.25) is 0 Å². The number of benzene rings is 1. The number of nitrogens with zero attached hydrogens (tertiary/aromatic N) is 5. The molecular weight excluding hydrogens is 452 g/mol. The number of anilines is 2. The third-order valence-electron chi connectivity index (χ3n) is 6.65. The summed E-state index contributed by atoms with van der Waals surface area (Å²) in [5, 5.41) is 36.8. The minimum absolute atomic E-state index is 0.0991. The molecule has 5 rings (SSSR count). The number of hydrogen-bond acceptors (Lipinski definition) is 9. The lowest BCUT2D eigenvalue weighted by Gasteiger charge is -2.40. The second kappa shape index (κ2) is 9.42. The highest BCUT2D eigenvalue weighted by Gasteiger charge is 2.32. The molecule has 1 amide bonds. The number of piperazine rings is 1. The highest BCUT2D eigenvalue weighted by atomic mass is 16.5. The fourth-order valence-electron chi connectivity index (χ4n) is 4.74. The number of rotatable bonds is 6. The number of amides is 1. The number of hydrogen-bond donors (Lipinski definition) is 4. The number of aliphatic hydroxyl groups is 3. The van der Waals surface area contributed by atoms with Gasteiger partial charge in [-0.15, -0.1) is 0 Å². The zero-order valence-corrected chi connectivity index (χ0v) is 19.6. The van der Waals surface area contributed by atoms with Crippen molar-refractivity contribution in [2.45, 2.75) is 25.0 Å². The molecule has 0 spiro atoms. The monoisotopic (exact) mass is 482 g/mol. The van der Waals surface area contributed by atoms with Crippen LogP contribution in [-0.2, 0) is 6.42 Å². The molecule has 0 aliphatic carbocycles. The van der Waals surface area contributed by atoms with E-state index in [0.717, 1.165) is 11.3 Å². The maximum absolute atomic E-state index is 13.3. The first kappa shape index (κ1) is 23.5. The lowest BCUT2D eigenvalue weighted by Crippen LogP contribution is -2.52. The van der Waals surface area contributed by atoms with Crippen LogP contribution in [0, 0.1) is 0 Å². The third-order valence-corrected chi connectivity index (χ3v) is 6.65. The number of ether oxygens (including phenoxy) is 1. The molecule has 186 valence electrons. The molecule has 4 heterocycles. The SMILES string of the molecule is CC1(O)COc2cc(N3CCN(C(CO)CO)CC3)c(NC(=O)c3cnn4cccnc34)cc2C1. The Morgan fingerprint density at radius 3 is 2.74 bits per heavy atom. The third kappa shape index (κ3) is 4.67. The van der Waals surface area contributed by atoms with Gasteiger partial charge in [0.15, 0.2) is 5.65 Å². The second-order valence-corrected chi connectivity index (χ2v) is 9.38. The van der Waals surface area contributed by atoms with E-state index < -0.39 is 5.60 Å². The first-order valence-corrected chi connectivity index (χ1v) is 11.7. The summed E-state index contributed by atoms with van der Waals surface area (Å²) in [7, 11) is 0. The van der Waals surface area contributed by atoms with Crippen molar-refractivity contribution in [1.82, 2.24) is 19.5 Å². The molecule has 2 aromatic heterocycles. The van der Waals surface area contributed by atoms with Gasteiger partial charge < -0.3 is 30.3 Å². The van der Waals surface area contributed by atoms with Gasteiger partial charge in [0, 0.05) is 51.1 Å². The molecule has 0 radical (unpaired) electrons.